The fourth-order valence-corrected chi connectivity index (χ4v) is 2.83. The molecule has 5 nitrogen and oxygen atoms in total. The Hall–Kier alpha value is -0.170. The van der Waals surface area contributed by atoms with Crippen LogP contribution in [0.5, 0.6) is 0 Å². The fraction of sp³-hybridized carbons (Fsp3) is 1.00. The van der Waals surface area contributed by atoms with Crippen molar-refractivity contribution in [2.45, 2.75) is 110 Å². The van der Waals surface area contributed by atoms with E-state index in [0.717, 1.165) is 19.4 Å². The van der Waals surface area contributed by atoms with Crippen molar-refractivity contribution in [3.63, 3.8) is 0 Å². The third-order valence-corrected chi connectivity index (χ3v) is 4.50. The molecule has 0 unspecified atom stereocenters. The topological polar surface area (TPSA) is 89.6 Å². The summed E-state index contributed by atoms with van der Waals surface area (Å²) >= 11 is 0. The third-order valence-electron chi connectivity index (χ3n) is 4.04. The molecule has 0 rings (SSSR count). The first-order valence-electron chi connectivity index (χ1n) is 10.3. The van der Waals surface area contributed by atoms with E-state index >= 15 is 0 Å². The quantitative estimate of drug-likeness (QED) is 0.251. The van der Waals surface area contributed by atoms with Gasteiger partial charge in [0.2, 0.25) is 0 Å². The highest BCUT2D eigenvalue weighted by molar-refractivity contribution is 7.80. The minimum absolute atomic E-state index is 0.0935. The van der Waals surface area contributed by atoms with Crippen molar-refractivity contribution in [1.29, 1.82) is 0 Å². The summed E-state index contributed by atoms with van der Waals surface area (Å²) in [6, 6.07) is 0. The SMILES string of the molecule is CCCCCCCCCCCCCCOS(=O)(=O)O.CCCCCN. The van der Waals surface area contributed by atoms with E-state index < -0.39 is 10.4 Å². The molecule has 0 radical (unpaired) electrons. The molecule has 3 N–H and O–H groups in total. The molecule has 0 aliphatic rings. The molecule has 0 aliphatic carbocycles. The molecule has 0 aromatic heterocycles. The summed E-state index contributed by atoms with van der Waals surface area (Å²) in [5.41, 5.74) is 5.21. The van der Waals surface area contributed by atoms with E-state index in [1.54, 1.807) is 0 Å². The molecule has 154 valence electrons. The highest BCUT2D eigenvalue weighted by Crippen LogP contribution is 2.11. The molecule has 0 amide bonds. The molecule has 25 heavy (non-hydrogen) atoms. The maximum absolute atomic E-state index is 10.3. The van der Waals surface area contributed by atoms with E-state index in [-0.39, 0.29) is 6.61 Å². The van der Waals surface area contributed by atoms with Gasteiger partial charge in [0.1, 0.15) is 0 Å². The first kappa shape index (κ1) is 27.1. The molecular weight excluding hydrogens is 338 g/mol. The van der Waals surface area contributed by atoms with Crippen LogP contribution in [0, 0.1) is 0 Å². The van der Waals surface area contributed by atoms with Crippen LogP contribution < -0.4 is 5.73 Å². The van der Waals surface area contributed by atoms with Crippen molar-refractivity contribution >= 4 is 10.4 Å². The minimum Gasteiger partial charge on any atom is -0.330 e. The molecular formula is C19H43NO4S. The molecule has 0 fully saturated rings. The number of unbranched alkanes of at least 4 members (excludes halogenated alkanes) is 13. The standard InChI is InChI=1S/C14H30O4S.C5H13N/c1-2-3-4-5-6-7-8-9-10-11-12-13-14-18-19(15,16)17;1-2-3-4-5-6/h2-14H2,1H3,(H,15,16,17);2-6H2,1H3. The third kappa shape index (κ3) is 32.0. The average molecular weight is 382 g/mol. The molecule has 0 aliphatic heterocycles. The summed E-state index contributed by atoms with van der Waals surface area (Å²) in [6.45, 7) is 5.36. The lowest BCUT2D eigenvalue weighted by Gasteiger charge is -2.02. The second-order valence-electron chi connectivity index (χ2n) is 6.63. The van der Waals surface area contributed by atoms with Gasteiger partial charge in [0, 0.05) is 0 Å². The minimum atomic E-state index is -4.24. The molecule has 0 saturated carbocycles. The summed E-state index contributed by atoms with van der Waals surface area (Å²) in [5.74, 6) is 0. The highest BCUT2D eigenvalue weighted by Gasteiger charge is 2.02. The van der Waals surface area contributed by atoms with Crippen molar-refractivity contribution in [2.75, 3.05) is 13.2 Å². The van der Waals surface area contributed by atoms with Crippen LogP contribution in [0.15, 0.2) is 0 Å². The van der Waals surface area contributed by atoms with Crippen LogP contribution in [-0.4, -0.2) is 26.1 Å². The van der Waals surface area contributed by atoms with Gasteiger partial charge < -0.3 is 5.73 Å². The lowest BCUT2D eigenvalue weighted by molar-refractivity contribution is 0.261. The van der Waals surface area contributed by atoms with Crippen LogP contribution in [0.25, 0.3) is 0 Å². The number of hydrogen-bond donors (Lipinski definition) is 2. The zero-order valence-electron chi connectivity index (χ0n) is 16.7. The second-order valence-corrected chi connectivity index (χ2v) is 7.73. The van der Waals surface area contributed by atoms with Gasteiger partial charge in [-0.2, -0.15) is 8.42 Å². The summed E-state index contributed by atoms with van der Waals surface area (Å²) in [4.78, 5) is 0. The van der Waals surface area contributed by atoms with Gasteiger partial charge in [-0.3, -0.25) is 4.55 Å². The zero-order chi connectivity index (χ0) is 19.2. The van der Waals surface area contributed by atoms with Gasteiger partial charge in [-0.15, -0.1) is 0 Å². The predicted molar refractivity (Wildman–Crippen MR) is 107 cm³/mol. The highest BCUT2D eigenvalue weighted by atomic mass is 32.3. The molecule has 0 heterocycles. The van der Waals surface area contributed by atoms with Crippen molar-refractivity contribution in [2.24, 2.45) is 5.73 Å². The van der Waals surface area contributed by atoms with Gasteiger partial charge in [-0.1, -0.05) is 97.3 Å². The predicted octanol–water partition coefficient (Wildman–Crippen LogP) is 5.64. The summed E-state index contributed by atoms with van der Waals surface area (Å²) < 4.78 is 33.1. The van der Waals surface area contributed by atoms with Gasteiger partial charge in [-0.05, 0) is 19.4 Å². The van der Waals surface area contributed by atoms with Crippen LogP contribution in [-0.2, 0) is 14.6 Å². The lowest BCUT2D eigenvalue weighted by Crippen LogP contribution is -2.04. The van der Waals surface area contributed by atoms with Crippen LogP contribution >= 0.6 is 0 Å². The van der Waals surface area contributed by atoms with Crippen molar-refractivity contribution in [1.82, 2.24) is 0 Å². The number of nitrogens with two attached hydrogens (primary N) is 1. The maximum Gasteiger partial charge on any atom is 0.397 e. The Kier molecular flexibility index (Phi) is 23.7. The van der Waals surface area contributed by atoms with Crippen LogP contribution in [0.2, 0.25) is 0 Å². The fourth-order valence-electron chi connectivity index (χ4n) is 2.50. The average Bonchev–Trinajstić information content (AvgIpc) is 2.57. The molecule has 0 spiro atoms. The molecule has 6 heteroatoms. The van der Waals surface area contributed by atoms with Crippen molar-refractivity contribution in [3.05, 3.63) is 0 Å². The van der Waals surface area contributed by atoms with Gasteiger partial charge in [-0.25, -0.2) is 4.18 Å². The Morgan fingerprint density at radius 2 is 1.04 bits per heavy atom. The van der Waals surface area contributed by atoms with Gasteiger partial charge >= 0.3 is 10.4 Å². The summed E-state index contributed by atoms with van der Waals surface area (Å²) in [5, 5.41) is 0. The molecule has 0 bridgehead atoms. The number of hydrogen-bond acceptors (Lipinski definition) is 4. The van der Waals surface area contributed by atoms with Gasteiger partial charge in [0.15, 0.2) is 0 Å². The van der Waals surface area contributed by atoms with E-state index in [4.69, 9.17) is 10.3 Å². The Morgan fingerprint density at radius 3 is 1.36 bits per heavy atom. The van der Waals surface area contributed by atoms with E-state index in [1.807, 2.05) is 0 Å². The molecule has 0 atom stereocenters. The van der Waals surface area contributed by atoms with E-state index in [1.165, 1.54) is 77.0 Å². The second kappa shape index (κ2) is 21.9. The van der Waals surface area contributed by atoms with Crippen molar-refractivity contribution in [3.8, 4) is 0 Å². The van der Waals surface area contributed by atoms with Gasteiger partial charge in [0.25, 0.3) is 0 Å². The van der Waals surface area contributed by atoms with Crippen LogP contribution in [0.3, 0.4) is 0 Å². The molecule has 0 aromatic rings. The molecule has 0 aromatic carbocycles. The zero-order valence-corrected chi connectivity index (χ0v) is 17.5. The van der Waals surface area contributed by atoms with E-state index in [9.17, 15) is 8.42 Å². The normalized spacial score (nSPS) is 11.2. The van der Waals surface area contributed by atoms with E-state index in [0.29, 0.717) is 6.42 Å². The Labute approximate surface area is 157 Å². The largest absolute Gasteiger partial charge is 0.397 e. The first-order chi connectivity index (χ1) is 12.0. The first-order valence-corrected chi connectivity index (χ1v) is 11.7. The van der Waals surface area contributed by atoms with Crippen molar-refractivity contribution < 1.29 is 17.2 Å². The van der Waals surface area contributed by atoms with Gasteiger partial charge in [0.05, 0.1) is 6.61 Å². The maximum atomic E-state index is 10.3. The summed E-state index contributed by atoms with van der Waals surface area (Å²) in [7, 11) is -4.24. The lowest BCUT2D eigenvalue weighted by atomic mass is 10.1. The summed E-state index contributed by atoms with van der Waals surface area (Å²) in [6.07, 6.45) is 18.5. The smallest absolute Gasteiger partial charge is 0.330 e. The monoisotopic (exact) mass is 381 g/mol. The van der Waals surface area contributed by atoms with Crippen LogP contribution in [0.1, 0.15) is 110 Å². The molecule has 0 saturated heterocycles. The Morgan fingerprint density at radius 1 is 0.680 bits per heavy atom. The number of rotatable bonds is 17. The Bertz CT molecular complexity index is 330. The van der Waals surface area contributed by atoms with E-state index in [2.05, 4.69) is 18.0 Å². The van der Waals surface area contributed by atoms with Crippen LogP contribution in [0.4, 0.5) is 0 Å². The Balaban J connectivity index is 0.